The number of benzene rings is 1. The average molecular weight is 432 g/mol. The van der Waals surface area contributed by atoms with Gasteiger partial charge in [-0.3, -0.25) is 0 Å². The van der Waals surface area contributed by atoms with Gasteiger partial charge in [-0.1, -0.05) is 31.1 Å². The largest absolute Gasteiger partial charge is 0.565 e. The molecule has 0 aromatic heterocycles. The van der Waals surface area contributed by atoms with E-state index in [1.165, 1.54) is 17.7 Å². The molecule has 0 bridgehead atoms. The van der Waals surface area contributed by atoms with Gasteiger partial charge in [-0.2, -0.15) is 6.07 Å². The quantitative estimate of drug-likeness (QED) is 0.549. The second-order valence-corrected chi connectivity index (χ2v) is 5.62. The Kier molecular flexibility index (Phi) is 5.65. The van der Waals surface area contributed by atoms with Gasteiger partial charge < -0.3 is 10.2 Å². The molecule has 0 saturated carbocycles. The molecule has 0 aliphatic heterocycles. The van der Waals surface area contributed by atoms with Crippen LogP contribution in [0.2, 0.25) is 0 Å². The van der Waals surface area contributed by atoms with E-state index in [9.17, 15) is 10.2 Å². The molecule has 0 spiro atoms. The van der Waals surface area contributed by atoms with Crippen molar-refractivity contribution in [1.82, 2.24) is 0 Å². The van der Waals surface area contributed by atoms with Gasteiger partial charge in [0.15, 0.2) is 0 Å². The predicted molar refractivity (Wildman–Crippen MR) is 72.7 cm³/mol. The normalized spacial score (nSPS) is 22.8. The van der Waals surface area contributed by atoms with Crippen LogP contribution >= 0.6 is 0 Å². The van der Waals surface area contributed by atoms with Crippen LogP contribution in [0.4, 0.5) is 0 Å². The molecule has 1 aliphatic rings. The van der Waals surface area contributed by atoms with Crippen LogP contribution < -0.4 is 0 Å². The zero-order valence-corrected chi connectivity index (χ0v) is 14.4. The first-order valence-electron chi connectivity index (χ1n) is 6.60. The molecule has 1 aromatic rings. The molecule has 0 saturated heterocycles. The van der Waals surface area contributed by atoms with Crippen LogP contribution in [0, 0.1) is 17.9 Å². The monoisotopic (exact) mass is 432 g/mol. The Bertz CT molecular complexity index is 446. The molecular weight excluding hydrogens is 410 g/mol. The number of allylic oxidation sites excluding steroid dienone is 2. The van der Waals surface area contributed by atoms with Crippen LogP contribution in [-0.2, 0) is 20.4 Å². The number of phenols is 2. The number of hydrogen-bond acceptors (Lipinski definition) is 2. The molecular formula is C16H21O2Re-. The van der Waals surface area contributed by atoms with Crippen LogP contribution in [0.15, 0.2) is 23.8 Å². The minimum absolute atomic E-state index is 0. The zero-order chi connectivity index (χ0) is 13.3. The predicted octanol–water partition coefficient (Wildman–Crippen LogP) is 3.99. The summed E-state index contributed by atoms with van der Waals surface area (Å²) in [5, 5.41) is 20.0. The summed E-state index contributed by atoms with van der Waals surface area (Å²) in [5.41, 5.74) is 2.00. The maximum absolute atomic E-state index is 10.0. The van der Waals surface area contributed by atoms with Gasteiger partial charge in [-0.05, 0) is 37.5 Å². The van der Waals surface area contributed by atoms with E-state index in [-0.39, 0.29) is 37.8 Å². The minimum atomic E-state index is 0. The minimum Gasteiger partial charge on any atom is -0.565 e. The molecule has 3 heteroatoms. The summed E-state index contributed by atoms with van der Waals surface area (Å²) >= 11 is 0. The van der Waals surface area contributed by atoms with Crippen molar-refractivity contribution in [2.75, 3.05) is 0 Å². The smallest absolute Gasteiger partial charge is 0.0104 e. The van der Waals surface area contributed by atoms with Gasteiger partial charge in [-0.15, -0.1) is 12.1 Å². The van der Waals surface area contributed by atoms with Gasteiger partial charge in [-0.25, -0.2) is 0 Å². The van der Waals surface area contributed by atoms with E-state index in [1.54, 1.807) is 0 Å². The SMILES string of the molecule is CC1=CC(c2c(O)c[c-]cc2O)C(C(C)C)CC1.[Re]. The van der Waals surface area contributed by atoms with Crippen LogP contribution in [0.3, 0.4) is 0 Å². The maximum atomic E-state index is 10.0. The molecule has 0 fully saturated rings. The van der Waals surface area contributed by atoms with Gasteiger partial charge in [0.05, 0.1) is 0 Å². The second kappa shape index (κ2) is 6.59. The molecule has 2 N–H and O–H groups in total. The van der Waals surface area contributed by atoms with Crippen LogP contribution in [0.5, 0.6) is 11.5 Å². The van der Waals surface area contributed by atoms with Gasteiger partial charge in [0, 0.05) is 31.9 Å². The summed E-state index contributed by atoms with van der Waals surface area (Å²) in [6, 6.07) is 5.81. The number of aromatic hydroxyl groups is 2. The van der Waals surface area contributed by atoms with Crippen molar-refractivity contribution in [3.05, 3.63) is 35.4 Å². The fourth-order valence-electron chi connectivity index (χ4n) is 2.96. The van der Waals surface area contributed by atoms with E-state index >= 15 is 0 Å². The fourth-order valence-corrected chi connectivity index (χ4v) is 2.96. The number of hydrogen-bond donors (Lipinski definition) is 2. The third kappa shape index (κ3) is 3.41. The summed E-state index contributed by atoms with van der Waals surface area (Å²) in [6.07, 6.45) is 4.42. The zero-order valence-electron chi connectivity index (χ0n) is 11.7. The van der Waals surface area contributed by atoms with Gasteiger partial charge in [0.25, 0.3) is 0 Å². The van der Waals surface area contributed by atoms with E-state index in [0.717, 1.165) is 12.8 Å². The first-order chi connectivity index (χ1) is 8.50. The average Bonchev–Trinajstić information content (AvgIpc) is 2.28. The summed E-state index contributed by atoms with van der Waals surface area (Å²) in [6.45, 7) is 6.53. The Morgan fingerprint density at radius 3 is 2.32 bits per heavy atom. The molecule has 1 aromatic carbocycles. The van der Waals surface area contributed by atoms with Crippen molar-refractivity contribution in [2.45, 2.75) is 39.5 Å². The molecule has 0 amide bonds. The molecule has 1 aliphatic carbocycles. The Labute approximate surface area is 129 Å². The van der Waals surface area contributed by atoms with Crippen molar-refractivity contribution in [3.63, 3.8) is 0 Å². The summed E-state index contributed by atoms with van der Waals surface area (Å²) in [4.78, 5) is 0. The van der Waals surface area contributed by atoms with Crippen LogP contribution in [-0.4, -0.2) is 10.2 Å². The van der Waals surface area contributed by atoms with Crippen molar-refractivity contribution >= 4 is 0 Å². The van der Waals surface area contributed by atoms with Gasteiger partial charge in [0.1, 0.15) is 0 Å². The van der Waals surface area contributed by atoms with Gasteiger partial charge >= 0.3 is 0 Å². The molecule has 2 rings (SSSR count). The molecule has 19 heavy (non-hydrogen) atoms. The van der Waals surface area contributed by atoms with Crippen LogP contribution in [0.25, 0.3) is 0 Å². The molecule has 2 atom stereocenters. The second-order valence-electron chi connectivity index (χ2n) is 5.62. The van der Waals surface area contributed by atoms with E-state index in [1.807, 2.05) is 0 Å². The van der Waals surface area contributed by atoms with Crippen LogP contribution in [0.1, 0.15) is 45.1 Å². The van der Waals surface area contributed by atoms with Gasteiger partial charge in [0.2, 0.25) is 0 Å². The Morgan fingerprint density at radius 2 is 1.79 bits per heavy atom. The van der Waals surface area contributed by atoms with Crippen molar-refractivity contribution < 1.29 is 30.6 Å². The molecule has 0 heterocycles. The van der Waals surface area contributed by atoms with E-state index < -0.39 is 0 Å². The molecule has 1 radical (unpaired) electrons. The Hall–Kier alpha value is -0.778. The topological polar surface area (TPSA) is 40.5 Å². The third-order valence-electron chi connectivity index (χ3n) is 3.98. The summed E-state index contributed by atoms with van der Waals surface area (Å²) < 4.78 is 0. The maximum Gasteiger partial charge on any atom is 0.0104 e. The van der Waals surface area contributed by atoms with Crippen molar-refractivity contribution in [2.24, 2.45) is 11.8 Å². The first kappa shape index (κ1) is 16.3. The van der Waals surface area contributed by atoms with E-state index in [0.29, 0.717) is 17.4 Å². The molecule has 2 nitrogen and oxygen atoms in total. The number of phenolic OH excluding ortho intramolecular Hbond substituents is 2. The number of rotatable bonds is 2. The Balaban J connectivity index is 0.00000180. The van der Waals surface area contributed by atoms with Crippen molar-refractivity contribution in [1.29, 1.82) is 0 Å². The summed E-state index contributed by atoms with van der Waals surface area (Å²) in [5.74, 6) is 1.40. The van der Waals surface area contributed by atoms with E-state index in [4.69, 9.17) is 0 Å². The third-order valence-corrected chi connectivity index (χ3v) is 3.98. The first-order valence-corrected chi connectivity index (χ1v) is 6.60. The molecule has 2 unspecified atom stereocenters. The van der Waals surface area contributed by atoms with Crippen molar-refractivity contribution in [3.8, 4) is 11.5 Å². The van der Waals surface area contributed by atoms with E-state index in [2.05, 4.69) is 32.9 Å². The fraction of sp³-hybridized carbons (Fsp3) is 0.500. The molecule has 105 valence electrons. The summed E-state index contributed by atoms with van der Waals surface area (Å²) in [7, 11) is 0. The Morgan fingerprint density at radius 1 is 1.21 bits per heavy atom. The standard InChI is InChI=1S/C16H21O2.Re/c1-10(2)12-8-7-11(3)9-13(12)16-14(17)5-4-6-15(16)18;/h5-6,9-10,12-13,17-18H,7-8H2,1-3H3;/q-1;.